The van der Waals surface area contributed by atoms with Crippen LogP contribution in [0.2, 0.25) is 0 Å². The molecule has 160 valence electrons. The minimum Gasteiger partial charge on any atom is -0.459 e. The molecule has 7 heteroatoms. The number of nitrogens with one attached hydrogen (secondary N) is 1. The summed E-state index contributed by atoms with van der Waals surface area (Å²) in [5, 5.41) is 3.28. The Hall–Kier alpha value is -4.26. The molecular formula is C25H21N3O4. The first-order valence-corrected chi connectivity index (χ1v) is 10.1. The van der Waals surface area contributed by atoms with Crippen LogP contribution in [0.3, 0.4) is 0 Å². The molecule has 0 radical (unpaired) electrons. The second kappa shape index (κ2) is 9.26. The second-order valence-corrected chi connectivity index (χ2v) is 7.33. The minimum absolute atomic E-state index is 0.0360. The summed E-state index contributed by atoms with van der Waals surface area (Å²) in [7, 11) is 0. The molecule has 0 saturated carbocycles. The number of anilines is 1. The summed E-state index contributed by atoms with van der Waals surface area (Å²) < 4.78 is 6.53. The maximum Gasteiger partial charge on any atom is 0.326 e. The van der Waals surface area contributed by atoms with Gasteiger partial charge in [0.15, 0.2) is 0 Å². The van der Waals surface area contributed by atoms with Gasteiger partial charge >= 0.3 is 5.97 Å². The van der Waals surface area contributed by atoms with Crippen LogP contribution in [0.1, 0.15) is 21.5 Å². The van der Waals surface area contributed by atoms with Crippen molar-refractivity contribution in [2.45, 2.75) is 20.1 Å². The molecule has 0 unspecified atom stereocenters. The third-order valence-electron chi connectivity index (χ3n) is 5.00. The number of aryl methyl sites for hydroxylation is 1. The van der Waals surface area contributed by atoms with E-state index >= 15 is 0 Å². The number of aromatic nitrogens is 2. The van der Waals surface area contributed by atoms with E-state index in [0.717, 1.165) is 11.1 Å². The van der Waals surface area contributed by atoms with E-state index < -0.39 is 5.97 Å². The normalized spacial score (nSPS) is 10.7. The first-order chi connectivity index (χ1) is 15.5. The Balaban J connectivity index is 1.35. The van der Waals surface area contributed by atoms with E-state index in [1.54, 1.807) is 36.4 Å². The van der Waals surface area contributed by atoms with Crippen molar-refractivity contribution in [1.82, 2.24) is 9.55 Å². The van der Waals surface area contributed by atoms with Crippen LogP contribution in [-0.2, 0) is 22.7 Å². The Kier molecular flexibility index (Phi) is 6.07. The summed E-state index contributed by atoms with van der Waals surface area (Å²) in [6.07, 6.45) is 1.36. The number of hydrogen-bond acceptors (Lipinski definition) is 5. The molecule has 4 rings (SSSR count). The van der Waals surface area contributed by atoms with Gasteiger partial charge in [-0.3, -0.25) is 19.0 Å². The van der Waals surface area contributed by atoms with Crippen molar-refractivity contribution in [3.05, 3.63) is 106 Å². The predicted octanol–water partition coefficient (Wildman–Crippen LogP) is 3.70. The molecule has 0 aliphatic carbocycles. The summed E-state index contributed by atoms with van der Waals surface area (Å²) in [4.78, 5) is 41.4. The summed E-state index contributed by atoms with van der Waals surface area (Å²) >= 11 is 0. The molecule has 0 bridgehead atoms. The molecule has 0 spiro atoms. The fourth-order valence-corrected chi connectivity index (χ4v) is 3.28. The van der Waals surface area contributed by atoms with Crippen molar-refractivity contribution >= 4 is 28.5 Å². The zero-order chi connectivity index (χ0) is 22.5. The zero-order valence-electron chi connectivity index (χ0n) is 17.4. The SMILES string of the molecule is Cc1cccc2c(=O)n(CC(=O)OCc3ccc(C(=O)Nc4ccccc4)cc3)cnc12. The molecule has 3 aromatic carbocycles. The number of carbonyl (C=O) groups is 2. The van der Waals surface area contributed by atoms with E-state index in [4.69, 9.17) is 4.74 Å². The van der Waals surface area contributed by atoms with Gasteiger partial charge in [0.1, 0.15) is 13.2 Å². The van der Waals surface area contributed by atoms with E-state index in [1.807, 2.05) is 43.3 Å². The van der Waals surface area contributed by atoms with E-state index in [1.165, 1.54) is 10.9 Å². The lowest BCUT2D eigenvalue weighted by atomic mass is 10.1. The zero-order valence-corrected chi connectivity index (χ0v) is 17.4. The predicted molar refractivity (Wildman–Crippen MR) is 121 cm³/mol. The minimum atomic E-state index is -0.549. The van der Waals surface area contributed by atoms with E-state index in [2.05, 4.69) is 10.3 Å². The Morgan fingerprint density at radius 2 is 1.72 bits per heavy atom. The van der Waals surface area contributed by atoms with Gasteiger partial charge in [-0.15, -0.1) is 0 Å². The van der Waals surface area contributed by atoms with Crippen molar-refractivity contribution in [3.63, 3.8) is 0 Å². The fourth-order valence-electron chi connectivity index (χ4n) is 3.28. The molecule has 0 atom stereocenters. The van der Waals surface area contributed by atoms with Gasteiger partial charge in [0.2, 0.25) is 0 Å². The van der Waals surface area contributed by atoms with Gasteiger partial charge < -0.3 is 10.1 Å². The van der Waals surface area contributed by atoms with Gasteiger partial charge in [0.25, 0.3) is 11.5 Å². The van der Waals surface area contributed by atoms with Crippen LogP contribution in [0.5, 0.6) is 0 Å². The highest BCUT2D eigenvalue weighted by atomic mass is 16.5. The molecule has 1 N–H and O–H groups in total. The summed E-state index contributed by atoms with van der Waals surface area (Å²) in [6, 6.07) is 21.3. The lowest BCUT2D eigenvalue weighted by molar-refractivity contribution is -0.145. The standard InChI is InChI=1S/C25H21N3O4/c1-17-6-5-9-21-23(17)26-16-28(25(21)31)14-22(29)32-15-18-10-12-19(13-11-18)24(30)27-20-7-3-2-4-8-20/h2-13,16H,14-15H2,1H3,(H,27,30). The highest BCUT2D eigenvalue weighted by molar-refractivity contribution is 6.04. The van der Waals surface area contributed by atoms with Crippen LogP contribution in [0.4, 0.5) is 5.69 Å². The number of para-hydroxylation sites is 2. The molecule has 32 heavy (non-hydrogen) atoms. The molecule has 1 amide bonds. The number of benzene rings is 3. The smallest absolute Gasteiger partial charge is 0.326 e. The highest BCUT2D eigenvalue weighted by Gasteiger charge is 2.11. The molecule has 0 saturated heterocycles. The Bertz CT molecular complexity index is 1330. The average Bonchev–Trinajstić information content (AvgIpc) is 2.81. The highest BCUT2D eigenvalue weighted by Crippen LogP contribution is 2.12. The van der Waals surface area contributed by atoms with Gasteiger partial charge in [0.05, 0.1) is 17.2 Å². The molecular weight excluding hydrogens is 406 g/mol. The van der Waals surface area contributed by atoms with Crippen LogP contribution < -0.4 is 10.9 Å². The van der Waals surface area contributed by atoms with E-state index in [9.17, 15) is 14.4 Å². The fraction of sp³-hybridized carbons (Fsp3) is 0.120. The van der Waals surface area contributed by atoms with Crippen LogP contribution >= 0.6 is 0 Å². The molecule has 0 fully saturated rings. The van der Waals surface area contributed by atoms with Crippen molar-refractivity contribution in [2.75, 3.05) is 5.32 Å². The largest absolute Gasteiger partial charge is 0.459 e. The summed E-state index contributed by atoms with van der Waals surface area (Å²) in [6.45, 7) is 1.69. The number of rotatable bonds is 6. The van der Waals surface area contributed by atoms with Crippen molar-refractivity contribution in [3.8, 4) is 0 Å². The van der Waals surface area contributed by atoms with E-state index in [0.29, 0.717) is 22.2 Å². The molecule has 4 aromatic rings. The van der Waals surface area contributed by atoms with Crippen LogP contribution in [0.25, 0.3) is 10.9 Å². The van der Waals surface area contributed by atoms with E-state index in [-0.39, 0.29) is 24.6 Å². The Morgan fingerprint density at radius 1 is 0.969 bits per heavy atom. The van der Waals surface area contributed by atoms with Gasteiger partial charge in [-0.1, -0.05) is 42.5 Å². The number of ether oxygens (including phenoxy) is 1. The molecule has 1 aromatic heterocycles. The number of hydrogen-bond donors (Lipinski definition) is 1. The van der Waals surface area contributed by atoms with Crippen LogP contribution in [0, 0.1) is 6.92 Å². The van der Waals surface area contributed by atoms with Crippen molar-refractivity contribution in [1.29, 1.82) is 0 Å². The first-order valence-electron chi connectivity index (χ1n) is 10.1. The maximum absolute atomic E-state index is 12.6. The van der Waals surface area contributed by atoms with Gasteiger partial charge in [-0.2, -0.15) is 0 Å². The number of amides is 1. The molecule has 1 heterocycles. The Labute approximate surface area is 184 Å². The number of esters is 1. The number of nitrogens with zero attached hydrogens (tertiary/aromatic N) is 2. The topological polar surface area (TPSA) is 90.3 Å². The Morgan fingerprint density at radius 3 is 2.47 bits per heavy atom. The second-order valence-electron chi connectivity index (χ2n) is 7.33. The first kappa shape index (κ1) is 21.0. The van der Waals surface area contributed by atoms with Gasteiger partial charge in [0, 0.05) is 11.3 Å². The quantitative estimate of drug-likeness (QED) is 0.474. The lowest BCUT2D eigenvalue weighted by Crippen LogP contribution is -2.25. The van der Waals surface area contributed by atoms with Crippen LogP contribution in [-0.4, -0.2) is 21.4 Å². The summed E-state index contributed by atoms with van der Waals surface area (Å²) in [5.41, 5.74) is 3.17. The molecule has 0 aliphatic rings. The van der Waals surface area contributed by atoms with Gasteiger partial charge in [-0.05, 0) is 48.4 Å². The lowest BCUT2D eigenvalue weighted by Gasteiger charge is -2.09. The van der Waals surface area contributed by atoms with Crippen molar-refractivity contribution < 1.29 is 14.3 Å². The number of carbonyl (C=O) groups excluding carboxylic acids is 2. The van der Waals surface area contributed by atoms with Gasteiger partial charge in [-0.25, -0.2) is 4.98 Å². The third-order valence-corrected chi connectivity index (χ3v) is 5.00. The monoisotopic (exact) mass is 427 g/mol. The van der Waals surface area contributed by atoms with Crippen molar-refractivity contribution in [2.24, 2.45) is 0 Å². The third kappa shape index (κ3) is 4.73. The molecule has 0 aliphatic heterocycles. The van der Waals surface area contributed by atoms with Crippen LogP contribution in [0.15, 0.2) is 83.9 Å². The maximum atomic E-state index is 12.6. The molecule has 7 nitrogen and oxygen atoms in total. The summed E-state index contributed by atoms with van der Waals surface area (Å²) in [5.74, 6) is -0.773. The number of fused-ring (bicyclic) bond motifs is 1. The average molecular weight is 427 g/mol.